The van der Waals surface area contributed by atoms with Gasteiger partial charge in [-0.15, -0.1) is 0 Å². The number of carbonyl (C=O) groups excluding carboxylic acids is 1. The van der Waals surface area contributed by atoms with Crippen molar-refractivity contribution in [3.05, 3.63) is 60.2 Å². The standard InChI is InChI=1S/C27H31FN12O2/c1-16-11-20(37-36-16)33-23-22-24(38(3)15-30-22)35-26(34-23)39-9-7-27(42-4,8-10-39)25(41)32-17(2)18-5-6-21(29-12-18)40-14-19(28)13-31-40/h5-6,11-15,17H,7-10H2,1-4H3,(H,32,41)(H2,33,34,35,36,37)/t17-/m0/s1. The highest BCUT2D eigenvalue weighted by Gasteiger charge is 2.43. The number of hydrogen-bond donors (Lipinski definition) is 3. The van der Waals surface area contributed by atoms with Crippen LogP contribution in [-0.2, 0) is 16.6 Å². The summed E-state index contributed by atoms with van der Waals surface area (Å²) in [4.78, 5) is 33.9. The minimum absolute atomic E-state index is 0.199. The lowest BCUT2D eigenvalue weighted by atomic mass is 9.89. The molecule has 0 aromatic carbocycles. The molecule has 15 heteroatoms. The molecule has 5 aromatic rings. The highest BCUT2D eigenvalue weighted by Crippen LogP contribution is 2.31. The van der Waals surface area contributed by atoms with Crippen LogP contribution in [0.1, 0.15) is 37.1 Å². The zero-order valence-corrected chi connectivity index (χ0v) is 23.7. The van der Waals surface area contributed by atoms with Gasteiger partial charge in [0.05, 0.1) is 24.8 Å². The topological polar surface area (TPSA) is 157 Å². The Morgan fingerprint density at radius 2 is 2.00 bits per heavy atom. The maximum absolute atomic E-state index is 13.5. The number of ether oxygens (including phenoxy) is 1. The molecule has 0 saturated carbocycles. The zero-order chi connectivity index (χ0) is 29.4. The Bertz CT molecular complexity index is 1720. The van der Waals surface area contributed by atoms with Crippen LogP contribution in [0.25, 0.3) is 17.0 Å². The Kier molecular flexibility index (Phi) is 7.02. The van der Waals surface area contributed by atoms with Crippen LogP contribution >= 0.6 is 0 Å². The summed E-state index contributed by atoms with van der Waals surface area (Å²) in [5.41, 5.74) is 2.03. The Morgan fingerprint density at radius 3 is 2.64 bits per heavy atom. The first kappa shape index (κ1) is 27.3. The van der Waals surface area contributed by atoms with E-state index in [-0.39, 0.29) is 11.9 Å². The predicted molar refractivity (Wildman–Crippen MR) is 152 cm³/mol. The van der Waals surface area contributed by atoms with Gasteiger partial charge < -0.3 is 24.8 Å². The average molecular weight is 575 g/mol. The summed E-state index contributed by atoms with van der Waals surface area (Å²) in [6, 6.07) is 5.12. The normalized spacial score (nSPS) is 15.6. The van der Waals surface area contributed by atoms with E-state index in [4.69, 9.17) is 14.7 Å². The quantitative estimate of drug-likeness (QED) is 0.252. The highest BCUT2D eigenvalue weighted by molar-refractivity contribution is 5.87. The molecule has 0 radical (unpaired) electrons. The molecule has 1 aliphatic heterocycles. The number of methoxy groups -OCH3 is 1. The molecule has 1 amide bonds. The van der Waals surface area contributed by atoms with Crippen molar-refractivity contribution in [2.45, 2.75) is 38.3 Å². The summed E-state index contributed by atoms with van der Waals surface area (Å²) < 4.78 is 22.3. The van der Waals surface area contributed by atoms with Gasteiger partial charge in [-0.3, -0.25) is 9.89 Å². The summed E-state index contributed by atoms with van der Waals surface area (Å²) in [7, 11) is 3.44. The molecule has 6 heterocycles. The second-order valence-corrected chi connectivity index (χ2v) is 10.4. The molecule has 218 valence electrons. The number of hydrogen-bond acceptors (Lipinski definition) is 10. The van der Waals surface area contributed by atoms with Crippen LogP contribution in [-0.4, -0.2) is 76.2 Å². The number of amides is 1. The number of carbonyl (C=O) groups is 1. The van der Waals surface area contributed by atoms with Gasteiger partial charge in [-0.2, -0.15) is 20.2 Å². The molecule has 6 rings (SSSR count). The van der Waals surface area contributed by atoms with Crippen LogP contribution in [0.5, 0.6) is 0 Å². The molecule has 42 heavy (non-hydrogen) atoms. The Hall–Kier alpha value is -4.92. The van der Waals surface area contributed by atoms with Crippen molar-refractivity contribution in [2.24, 2.45) is 7.05 Å². The fraction of sp³-hybridized carbons (Fsp3) is 0.370. The molecule has 0 bridgehead atoms. The fourth-order valence-corrected chi connectivity index (χ4v) is 5.05. The van der Waals surface area contributed by atoms with Gasteiger partial charge in [0, 0.05) is 58.0 Å². The molecule has 1 saturated heterocycles. The van der Waals surface area contributed by atoms with Gasteiger partial charge in [0.25, 0.3) is 5.91 Å². The number of pyridine rings is 1. The van der Waals surface area contributed by atoms with Crippen LogP contribution in [0.2, 0.25) is 0 Å². The molecular weight excluding hydrogens is 543 g/mol. The predicted octanol–water partition coefficient (Wildman–Crippen LogP) is 2.72. The lowest BCUT2D eigenvalue weighted by Crippen LogP contribution is -2.55. The van der Waals surface area contributed by atoms with Gasteiger partial charge >= 0.3 is 0 Å². The van der Waals surface area contributed by atoms with Crippen molar-refractivity contribution < 1.29 is 13.9 Å². The summed E-state index contributed by atoms with van der Waals surface area (Å²) in [5.74, 6) is 1.55. The van der Waals surface area contributed by atoms with Crippen molar-refractivity contribution in [2.75, 3.05) is 30.4 Å². The molecular formula is C27H31FN12O2. The average Bonchev–Trinajstić information content (AvgIpc) is 3.73. The van der Waals surface area contributed by atoms with E-state index in [0.29, 0.717) is 60.5 Å². The number of aryl methyl sites for hydroxylation is 2. The van der Waals surface area contributed by atoms with Crippen LogP contribution in [0.4, 0.5) is 22.0 Å². The van der Waals surface area contributed by atoms with Crippen LogP contribution < -0.4 is 15.5 Å². The largest absolute Gasteiger partial charge is 0.368 e. The third kappa shape index (κ3) is 5.13. The Labute approximate surface area is 240 Å². The monoisotopic (exact) mass is 574 g/mol. The molecule has 3 N–H and O–H groups in total. The molecule has 14 nitrogen and oxygen atoms in total. The zero-order valence-electron chi connectivity index (χ0n) is 23.7. The van der Waals surface area contributed by atoms with E-state index in [1.165, 1.54) is 10.9 Å². The maximum Gasteiger partial charge on any atom is 0.252 e. The van der Waals surface area contributed by atoms with E-state index < -0.39 is 11.4 Å². The van der Waals surface area contributed by atoms with Gasteiger partial charge in [-0.1, -0.05) is 6.07 Å². The molecule has 0 unspecified atom stereocenters. The second kappa shape index (κ2) is 10.8. The van der Waals surface area contributed by atoms with Gasteiger partial charge in [-0.25, -0.2) is 19.0 Å². The van der Waals surface area contributed by atoms with Crippen LogP contribution in [0, 0.1) is 12.7 Å². The van der Waals surface area contributed by atoms with E-state index in [0.717, 1.165) is 17.5 Å². The van der Waals surface area contributed by atoms with E-state index >= 15 is 0 Å². The minimum atomic E-state index is -1.00. The first-order chi connectivity index (χ1) is 20.2. The molecule has 1 aliphatic rings. The van der Waals surface area contributed by atoms with Crippen molar-refractivity contribution >= 4 is 34.7 Å². The number of anilines is 3. The number of rotatable bonds is 8. The first-order valence-corrected chi connectivity index (χ1v) is 13.5. The molecule has 1 atom stereocenters. The van der Waals surface area contributed by atoms with Gasteiger partial charge in [0.15, 0.2) is 34.4 Å². The molecule has 1 fully saturated rings. The van der Waals surface area contributed by atoms with E-state index in [2.05, 4.69) is 35.9 Å². The number of halogens is 1. The van der Waals surface area contributed by atoms with E-state index in [1.807, 2.05) is 42.5 Å². The maximum atomic E-state index is 13.5. The SMILES string of the molecule is COC1(C(=O)N[C@@H](C)c2ccc(-n3cc(F)cn3)nc2)CCN(c2nc(Nc3cc(C)[nH]n3)c3ncn(C)c3n2)CC1. The Morgan fingerprint density at radius 1 is 1.19 bits per heavy atom. The summed E-state index contributed by atoms with van der Waals surface area (Å²) in [6.07, 6.45) is 6.59. The third-order valence-electron chi connectivity index (χ3n) is 7.56. The number of nitrogens with one attached hydrogen (secondary N) is 3. The van der Waals surface area contributed by atoms with Gasteiger partial charge in [0.1, 0.15) is 5.60 Å². The number of aromatic amines is 1. The molecule has 5 aromatic heterocycles. The number of nitrogens with zero attached hydrogens (tertiary/aromatic N) is 9. The number of aromatic nitrogens is 9. The summed E-state index contributed by atoms with van der Waals surface area (Å²) in [5, 5.41) is 17.4. The van der Waals surface area contributed by atoms with Crippen LogP contribution in [0.3, 0.4) is 0 Å². The van der Waals surface area contributed by atoms with Crippen molar-refractivity contribution in [3.8, 4) is 5.82 Å². The van der Waals surface area contributed by atoms with E-state index in [1.54, 1.807) is 25.7 Å². The van der Waals surface area contributed by atoms with Crippen LogP contribution in [0.15, 0.2) is 43.1 Å². The third-order valence-corrected chi connectivity index (χ3v) is 7.56. The van der Waals surface area contributed by atoms with Crippen molar-refractivity contribution in [1.29, 1.82) is 0 Å². The smallest absolute Gasteiger partial charge is 0.252 e. The Balaban J connectivity index is 1.15. The minimum Gasteiger partial charge on any atom is -0.368 e. The van der Waals surface area contributed by atoms with Crippen molar-refractivity contribution in [1.82, 2.24) is 49.8 Å². The highest BCUT2D eigenvalue weighted by atomic mass is 19.1. The lowest BCUT2D eigenvalue weighted by Gasteiger charge is -2.40. The van der Waals surface area contributed by atoms with E-state index in [9.17, 15) is 9.18 Å². The van der Waals surface area contributed by atoms with Crippen molar-refractivity contribution in [3.63, 3.8) is 0 Å². The first-order valence-electron chi connectivity index (χ1n) is 13.5. The number of H-pyrrole nitrogens is 1. The summed E-state index contributed by atoms with van der Waals surface area (Å²) in [6.45, 7) is 4.82. The number of piperidine rings is 1. The second-order valence-electron chi connectivity index (χ2n) is 10.4. The molecule has 0 spiro atoms. The van der Waals surface area contributed by atoms with Gasteiger partial charge in [0.2, 0.25) is 5.95 Å². The summed E-state index contributed by atoms with van der Waals surface area (Å²) >= 11 is 0. The number of fused-ring (bicyclic) bond motifs is 1. The molecule has 0 aliphatic carbocycles. The number of imidazole rings is 1. The lowest BCUT2D eigenvalue weighted by molar-refractivity contribution is -0.146. The van der Waals surface area contributed by atoms with Gasteiger partial charge in [-0.05, 0) is 25.5 Å². The fourth-order valence-electron chi connectivity index (χ4n) is 5.05.